The summed E-state index contributed by atoms with van der Waals surface area (Å²) in [4.78, 5) is 1.56. The van der Waals surface area contributed by atoms with Gasteiger partial charge in [0.25, 0.3) is 0 Å². The zero-order valence-corrected chi connectivity index (χ0v) is 10.5. The van der Waals surface area contributed by atoms with E-state index in [1.807, 2.05) is 0 Å². The molecule has 1 aliphatic heterocycles. The molecule has 0 saturated carbocycles. The Balaban J connectivity index is 2.48. The molecule has 1 heterocycles. The van der Waals surface area contributed by atoms with Gasteiger partial charge in [-0.2, -0.15) is 0 Å². The van der Waals surface area contributed by atoms with Crippen LogP contribution in [-0.2, 0) is 6.42 Å². The Hall–Kier alpha value is -1.22. The van der Waals surface area contributed by atoms with Crippen molar-refractivity contribution >= 4 is 0 Å². The number of quaternary nitrogens is 1. The lowest BCUT2D eigenvalue weighted by Gasteiger charge is -2.29. The molecule has 0 fully saturated rings. The fraction of sp³-hybridized carbons (Fsp3) is 0.538. The van der Waals surface area contributed by atoms with Crippen molar-refractivity contribution in [3.63, 3.8) is 0 Å². The highest BCUT2D eigenvalue weighted by Gasteiger charge is 2.26. The summed E-state index contributed by atoms with van der Waals surface area (Å²) in [6.45, 7) is 3.45. The molecule has 0 amide bonds. The highest BCUT2D eigenvalue weighted by atomic mass is 16.5. The molecule has 1 aromatic carbocycles. The molecule has 1 aromatic rings. The fourth-order valence-electron chi connectivity index (χ4n) is 2.37. The van der Waals surface area contributed by atoms with E-state index < -0.39 is 0 Å². The molecular formula is C13H20NO2+. The van der Waals surface area contributed by atoms with Gasteiger partial charge in [0.15, 0.2) is 11.5 Å². The van der Waals surface area contributed by atoms with Crippen molar-refractivity contribution < 1.29 is 14.4 Å². The smallest absolute Gasteiger partial charge is 0.161 e. The molecule has 3 nitrogen and oxygen atoms in total. The third kappa shape index (κ3) is 1.76. The number of methoxy groups -OCH3 is 2. The summed E-state index contributed by atoms with van der Waals surface area (Å²) >= 11 is 0. The monoisotopic (exact) mass is 222 g/mol. The SMILES string of the molecule is COc1cc2c(cc1OC)[C@H](C)[NH+](C)CC2. The average molecular weight is 222 g/mol. The Labute approximate surface area is 97.0 Å². The fourth-order valence-corrected chi connectivity index (χ4v) is 2.37. The van der Waals surface area contributed by atoms with Crippen LogP contribution in [0.2, 0.25) is 0 Å². The summed E-state index contributed by atoms with van der Waals surface area (Å²) in [5.74, 6) is 1.68. The molecule has 2 rings (SSSR count). The van der Waals surface area contributed by atoms with E-state index in [9.17, 15) is 0 Å². The molecule has 0 spiro atoms. The quantitative estimate of drug-likeness (QED) is 0.801. The van der Waals surface area contributed by atoms with Crippen LogP contribution in [0.3, 0.4) is 0 Å². The molecule has 0 bridgehead atoms. The van der Waals surface area contributed by atoms with E-state index in [4.69, 9.17) is 9.47 Å². The summed E-state index contributed by atoms with van der Waals surface area (Å²) in [7, 11) is 5.62. The molecule has 0 saturated heterocycles. The summed E-state index contributed by atoms with van der Waals surface area (Å²) in [5, 5.41) is 0. The van der Waals surface area contributed by atoms with E-state index in [0.717, 1.165) is 17.9 Å². The van der Waals surface area contributed by atoms with Gasteiger partial charge in [-0.25, -0.2) is 0 Å². The van der Waals surface area contributed by atoms with E-state index in [1.165, 1.54) is 17.7 Å². The zero-order chi connectivity index (χ0) is 11.7. The van der Waals surface area contributed by atoms with Gasteiger partial charge in [-0.05, 0) is 24.6 Å². The number of nitrogens with one attached hydrogen (secondary N) is 1. The van der Waals surface area contributed by atoms with Crippen molar-refractivity contribution in [1.82, 2.24) is 0 Å². The number of hydrogen-bond donors (Lipinski definition) is 1. The number of rotatable bonds is 2. The number of hydrogen-bond acceptors (Lipinski definition) is 2. The Morgan fingerprint density at radius 2 is 1.81 bits per heavy atom. The Morgan fingerprint density at radius 3 is 2.44 bits per heavy atom. The van der Waals surface area contributed by atoms with Gasteiger partial charge in [-0.1, -0.05) is 0 Å². The number of benzene rings is 1. The third-order valence-electron chi connectivity index (χ3n) is 3.64. The van der Waals surface area contributed by atoms with Crippen molar-refractivity contribution in [3.05, 3.63) is 23.3 Å². The maximum absolute atomic E-state index is 5.35. The van der Waals surface area contributed by atoms with Gasteiger partial charge in [-0.3, -0.25) is 0 Å². The molecular weight excluding hydrogens is 202 g/mol. The highest BCUT2D eigenvalue weighted by Crippen LogP contribution is 2.33. The van der Waals surface area contributed by atoms with Crippen LogP contribution in [0.15, 0.2) is 12.1 Å². The standard InChI is InChI=1S/C13H19NO2/c1-9-11-8-13(16-4)12(15-3)7-10(11)5-6-14(9)2/h7-9H,5-6H2,1-4H3/p+1/t9-/m0/s1. The lowest BCUT2D eigenvalue weighted by molar-refractivity contribution is -0.912. The van der Waals surface area contributed by atoms with E-state index in [1.54, 1.807) is 19.1 Å². The largest absolute Gasteiger partial charge is 0.493 e. The van der Waals surface area contributed by atoms with Crippen LogP contribution < -0.4 is 14.4 Å². The van der Waals surface area contributed by atoms with Gasteiger partial charge in [0, 0.05) is 12.0 Å². The predicted molar refractivity (Wildman–Crippen MR) is 63.4 cm³/mol. The second-order valence-corrected chi connectivity index (χ2v) is 4.47. The number of fused-ring (bicyclic) bond motifs is 1. The number of ether oxygens (including phenoxy) is 2. The average Bonchev–Trinajstić information content (AvgIpc) is 2.32. The van der Waals surface area contributed by atoms with Crippen LogP contribution >= 0.6 is 0 Å². The molecule has 0 aromatic heterocycles. The van der Waals surface area contributed by atoms with Gasteiger partial charge >= 0.3 is 0 Å². The lowest BCUT2D eigenvalue weighted by Crippen LogP contribution is -3.10. The van der Waals surface area contributed by atoms with Crippen molar-refractivity contribution in [2.24, 2.45) is 0 Å². The first kappa shape index (κ1) is 11.3. The maximum Gasteiger partial charge on any atom is 0.161 e. The Kier molecular flexibility index (Phi) is 3.06. The minimum Gasteiger partial charge on any atom is -0.493 e. The molecule has 1 unspecified atom stereocenters. The van der Waals surface area contributed by atoms with Crippen LogP contribution in [0.1, 0.15) is 24.1 Å². The molecule has 88 valence electrons. The topological polar surface area (TPSA) is 22.9 Å². The summed E-state index contributed by atoms with van der Waals surface area (Å²) in [6.07, 6.45) is 1.12. The minimum absolute atomic E-state index is 0.531. The molecule has 2 atom stereocenters. The van der Waals surface area contributed by atoms with E-state index in [2.05, 4.69) is 26.1 Å². The first-order valence-electron chi connectivity index (χ1n) is 5.74. The first-order valence-corrected chi connectivity index (χ1v) is 5.74. The first-order chi connectivity index (χ1) is 7.67. The number of likely N-dealkylation sites (N-methyl/N-ethyl adjacent to an activating group) is 1. The normalized spacial score (nSPS) is 23.8. The Morgan fingerprint density at radius 1 is 1.19 bits per heavy atom. The van der Waals surface area contributed by atoms with Crippen LogP contribution in [0.5, 0.6) is 11.5 Å². The summed E-state index contributed by atoms with van der Waals surface area (Å²) in [5.41, 5.74) is 2.79. The van der Waals surface area contributed by atoms with Crippen molar-refractivity contribution in [2.45, 2.75) is 19.4 Å². The highest BCUT2D eigenvalue weighted by molar-refractivity contribution is 5.48. The van der Waals surface area contributed by atoms with E-state index in [0.29, 0.717) is 6.04 Å². The second-order valence-electron chi connectivity index (χ2n) is 4.47. The summed E-state index contributed by atoms with van der Waals surface area (Å²) in [6, 6.07) is 4.78. The lowest BCUT2D eigenvalue weighted by atomic mass is 9.93. The van der Waals surface area contributed by atoms with Crippen LogP contribution in [-0.4, -0.2) is 27.8 Å². The predicted octanol–water partition coefficient (Wildman–Crippen LogP) is 0.836. The van der Waals surface area contributed by atoms with Crippen molar-refractivity contribution in [3.8, 4) is 11.5 Å². The Bertz CT molecular complexity index is 390. The van der Waals surface area contributed by atoms with Crippen LogP contribution in [0.25, 0.3) is 0 Å². The van der Waals surface area contributed by atoms with Crippen LogP contribution in [0, 0.1) is 0 Å². The van der Waals surface area contributed by atoms with Crippen molar-refractivity contribution in [2.75, 3.05) is 27.8 Å². The minimum atomic E-state index is 0.531. The van der Waals surface area contributed by atoms with Gasteiger partial charge in [0.1, 0.15) is 6.04 Å². The summed E-state index contributed by atoms with van der Waals surface area (Å²) < 4.78 is 10.7. The van der Waals surface area contributed by atoms with Crippen LogP contribution in [0.4, 0.5) is 0 Å². The second kappa shape index (κ2) is 4.34. The third-order valence-corrected chi connectivity index (χ3v) is 3.64. The molecule has 3 heteroatoms. The van der Waals surface area contributed by atoms with E-state index in [-0.39, 0.29) is 0 Å². The molecule has 1 N–H and O–H groups in total. The molecule has 1 aliphatic rings. The zero-order valence-electron chi connectivity index (χ0n) is 10.5. The van der Waals surface area contributed by atoms with Gasteiger partial charge in [0.2, 0.25) is 0 Å². The van der Waals surface area contributed by atoms with Gasteiger partial charge < -0.3 is 14.4 Å². The molecule has 16 heavy (non-hydrogen) atoms. The maximum atomic E-state index is 5.35. The molecule has 0 radical (unpaired) electrons. The van der Waals surface area contributed by atoms with Gasteiger partial charge in [0.05, 0.1) is 27.8 Å². The van der Waals surface area contributed by atoms with E-state index >= 15 is 0 Å². The molecule has 0 aliphatic carbocycles. The van der Waals surface area contributed by atoms with Gasteiger partial charge in [-0.15, -0.1) is 0 Å². The van der Waals surface area contributed by atoms with Crippen molar-refractivity contribution in [1.29, 1.82) is 0 Å².